The van der Waals surface area contributed by atoms with Gasteiger partial charge in [0.2, 0.25) is 5.95 Å². The number of amides is 1. The maximum Gasteiger partial charge on any atom is 0.407 e. The minimum atomic E-state index is -0.527. The van der Waals surface area contributed by atoms with E-state index in [9.17, 15) is 9.18 Å². The highest BCUT2D eigenvalue weighted by atomic mass is 19.1. The number of nitrogens with one attached hydrogen (secondary N) is 1. The van der Waals surface area contributed by atoms with Crippen LogP contribution in [0.15, 0.2) is 42.6 Å². The minimum absolute atomic E-state index is 0.0183. The van der Waals surface area contributed by atoms with E-state index >= 15 is 0 Å². The predicted molar refractivity (Wildman–Crippen MR) is 95.5 cm³/mol. The Morgan fingerprint density at radius 1 is 1.27 bits per heavy atom. The van der Waals surface area contributed by atoms with Gasteiger partial charge < -0.3 is 14.8 Å². The number of pyridine rings is 1. The third-order valence-corrected chi connectivity index (χ3v) is 4.03. The number of carbonyl (C=O) groups is 1. The molecule has 0 radical (unpaired) electrons. The Kier molecular flexibility index (Phi) is 5.11. The van der Waals surface area contributed by atoms with E-state index in [2.05, 4.69) is 10.3 Å². The third-order valence-electron chi connectivity index (χ3n) is 4.03. The molecule has 1 amide bonds. The Hall–Kier alpha value is -2.63. The molecule has 1 N–H and O–H groups in total. The number of para-hydroxylation sites is 1. The van der Waals surface area contributed by atoms with E-state index in [1.165, 1.54) is 6.20 Å². The van der Waals surface area contributed by atoms with Crippen LogP contribution in [-0.4, -0.2) is 22.7 Å². The van der Waals surface area contributed by atoms with Crippen molar-refractivity contribution in [3.8, 4) is 5.75 Å². The highest BCUT2D eigenvalue weighted by Gasteiger charge is 2.42. The first kappa shape index (κ1) is 18.2. The van der Waals surface area contributed by atoms with Gasteiger partial charge in [0, 0.05) is 23.7 Å². The molecular weight excluding hydrogens is 335 g/mol. The van der Waals surface area contributed by atoms with Gasteiger partial charge in [-0.1, -0.05) is 18.2 Å². The van der Waals surface area contributed by atoms with Crippen molar-refractivity contribution in [3.05, 3.63) is 59.7 Å². The summed E-state index contributed by atoms with van der Waals surface area (Å²) in [4.78, 5) is 15.5. The minimum Gasteiger partial charge on any atom is -0.488 e. The van der Waals surface area contributed by atoms with Crippen LogP contribution in [-0.2, 0) is 11.3 Å². The Balaban J connectivity index is 1.62. The smallest absolute Gasteiger partial charge is 0.407 e. The summed E-state index contributed by atoms with van der Waals surface area (Å²) in [5.41, 5.74) is 0.878. The molecule has 0 unspecified atom stereocenters. The van der Waals surface area contributed by atoms with Crippen LogP contribution in [0.2, 0.25) is 0 Å². The number of carbonyl (C=O) groups excluding carboxylic acids is 1. The van der Waals surface area contributed by atoms with Crippen molar-refractivity contribution in [1.29, 1.82) is 0 Å². The monoisotopic (exact) mass is 358 g/mol. The van der Waals surface area contributed by atoms with Gasteiger partial charge in [-0.3, -0.25) is 0 Å². The number of halogens is 1. The Morgan fingerprint density at radius 3 is 2.77 bits per heavy atom. The fourth-order valence-electron chi connectivity index (χ4n) is 2.76. The fraction of sp³-hybridized carbons (Fsp3) is 0.400. The predicted octanol–water partition coefficient (Wildman–Crippen LogP) is 4.18. The number of hydrogen-bond acceptors (Lipinski definition) is 4. The van der Waals surface area contributed by atoms with Crippen LogP contribution < -0.4 is 10.1 Å². The molecule has 0 spiro atoms. The molecule has 26 heavy (non-hydrogen) atoms. The molecule has 0 aliphatic heterocycles. The molecule has 0 bridgehead atoms. The Bertz CT molecular complexity index is 789. The van der Waals surface area contributed by atoms with E-state index in [1.807, 2.05) is 45.0 Å². The first-order chi connectivity index (χ1) is 12.3. The first-order valence-corrected chi connectivity index (χ1v) is 8.64. The standard InChI is InChI=1S/C20H23FN2O3/c1-20(2,3)26-19(24)23-16-11-15(16)14-8-4-5-9-17(14)25-12-13-7-6-10-22-18(13)21/h4-10,15-16H,11-12H2,1-3H3,(H,23,24)/t15-,16+/m0/s1. The molecule has 5 nitrogen and oxygen atoms in total. The summed E-state index contributed by atoms with van der Waals surface area (Å²) in [7, 11) is 0. The molecule has 2 aromatic rings. The lowest BCUT2D eigenvalue weighted by Gasteiger charge is -2.19. The summed E-state index contributed by atoms with van der Waals surface area (Å²) in [5, 5.41) is 2.88. The van der Waals surface area contributed by atoms with Crippen molar-refractivity contribution in [2.45, 2.75) is 51.4 Å². The van der Waals surface area contributed by atoms with E-state index in [1.54, 1.807) is 12.1 Å². The van der Waals surface area contributed by atoms with Gasteiger partial charge in [-0.25, -0.2) is 9.78 Å². The van der Waals surface area contributed by atoms with Crippen molar-refractivity contribution < 1.29 is 18.7 Å². The molecule has 1 aromatic carbocycles. The quantitative estimate of drug-likeness (QED) is 0.815. The van der Waals surface area contributed by atoms with Crippen molar-refractivity contribution in [2.75, 3.05) is 0 Å². The largest absolute Gasteiger partial charge is 0.488 e. The van der Waals surface area contributed by atoms with Gasteiger partial charge in [0.1, 0.15) is 18.0 Å². The number of hydrogen-bond donors (Lipinski definition) is 1. The Labute approximate surface area is 152 Å². The van der Waals surface area contributed by atoms with Crippen LogP contribution >= 0.6 is 0 Å². The lowest BCUT2D eigenvalue weighted by Crippen LogP contribution is -2.34. The lowest BCUT2D eigenvalue weighted by molar-refractivity contribution is 0.0522. The summed E-state index contributed by atoms with van der Waals surface area (Å²) < 4.78 is 24.8. The summed E-state index contributed by atoms with van der Waals surface area (Å²) >= 11 is 0. The van der Waals surface area contributed by atoms with Crippen molar-refractivity contribution in [3.63, 3.8) is 0 Å². The summed E-state index contributed by atoms with van der Waals surface area (Å²) in [6.45, 7) is 5.60. The average molecular weight is 358 g/mol. The molecule has 3 rings (SSSR count). The van der Waals surface area contributed by atoms with Crippen LogP contribution in [0.1, 0.15) is 44.2 Å². The molecule has 138 valence electrons. The van der Waals surface area contributed by atoms with Gasteiger partial charge in [-0.15, -0.1) is 0 Å². The first-order valence-electron chi connectivity index (χ1n) is 8.64. The van der Waals surface area contributed by atoms with E-state index in [4.69, 9.17) is 9.47 Å². The third kappa shape index (κ3) is 4.71. The topological polar surface area (TPSA) is 60.5 Å². The maximum absolute atomic E-state index is 13.7. The molecule has 1 aliphatic rings. The van der Waals surface area contributed by atoms with Crippen LogP contribution in [0.25, 0.3) is 0 Å². The number of ether oxygens (including phenoxy) is 2. The zero-order valence-corrected chi connectivity index (χ0v) is 15.2. The SMILES string of the molecule is CC(C)(C)OC(=O)N[C@@H]1C[C@H]1c1ccccc1OCc1cccnc1F. The second-order valence-electron chi connectivity index (χ2n) is 7.37. The van der Waals surface area contributed by atoms with Gasteiger partial charge in [0.05, 0.1) is 0 Å². The fourth-order valence-corrected chi connectivity index (χ4v) is 2.76. The van der Waals surface area contributed by atoms with Crippen LogP contribution in [0.4, 0.5) is 9.18 Å². The highest BCUT2D eigenvalue weighted by molar-refractivity contribution is 5.69. The normalized spacial score (nSPS) is 18.9. The molecule has 1 saturated carbocycles. The number of aromatic nitrogens is 1. The lowest BCUT2D eigenvalue weighted by atomic mass is 10.1. The van der Waals surface area contributed by atoms with E-state index in [-0.39, 0.29) is 18.6 Å². The van der Waals surface area contributed by atoms with Gasteiger partial charge in [-0.05, 0) is 51.0 Å². The summed E-state index contributed by atoms with van der Waals surface area (Å²) in [5.74, 6) is 0.326. The number of nitrogens with zero attached hydrogens (tertiary/aromatic N) is 1. The molecule has 6 heteroatoms. The molecule has 2 atom stereocenters. The van der Waals surface area contributed by atoms with Gasteiger partial charge in [0.25, 0.3) is 0 Å². The van der Waals surface area contributed by atoms with Crippen LogP contribution in [0, 0.1) is 5.95 Å². The number of alkyl carbamates (subject to hydrolysis) is 1. The van der Waals surface area contributed by atoms with Crippen molar-refractivity contribution in [2.24, 2.45) is 0 Å². The van der Waals surface area contributed by atoms with E-state index < -0.39 is 17.6 Å². The second kappa shape index (κ2) is 7.32. The highest BCUT2D eigenvalue weighted by Crippen LogP contribution is 2.45. The average Bonchev–Trinajstić information content (AvgIpc) is 3.31. The molecule has 1 fully saturated rings. The molecule has 1 aromatic heterocycles. The molecule has 0 saturated heterocycles. The van der Waals surface area contributed by atoms with Crippen molar-refractivity contribution >= 4 is 6.09 Å². The van der Waals surface area contributed by atoms with Gasteiger partial charge >= 0.3 is 6.09 Å². The van der Waals surface area contributed by atoms with Gasteiger partial charge in [0.15, 0.2) is 0 Å². The van der Waals surface area contributed by atoms with E-state index in [0.29, 0.717) is 11.3 Å². The van der Waals surface area contributed by atoms with Crippen LogP contribution in [0.5, 0.6) is 5.75 Å². The zero-order valence-electron chi connectivity index (χ0n) is 15.2. The summed E-state index contributed by atoms with van der Waals surface area (Å²) in [6, 6.07) is 11.0. The second-order valence-corrected chi connectivity index (χ2v) is 7.37. The zero-order chi connectivity index (χ0) is 18.7. The van der Waals surface area contributed by atoms with Crippen molar-refractivity contribution in [1.82, 2.24) is 10.3 Å². The number of rotatable bonds is 5. The molecular formula is C20H23FN2O3. The maximum atomic E-state index is 13.7. The Morgan fingerprint density at radius 2 is 2.04 bits per heavy atom. The van der Waals surface area contributed by atoms with Gasteiger partial charge in [-0.2, -0.15) is 4.39 Å². The van der Waals surface area contributed by atoms with E-state index in [0.717, 1.165) is 12.0 Å². The number of benzene rings is 1. The van der Waals surface area contributed by atoms with Crippen LogP contribution in [0.3, 0.4) is 0 Å². The molecule has 1 heterocycles. The molecule has 1 aliphatic carbocycles. The summed E-state index contributed by atoms with van der Waals surface area (Å²) in [6.07, 6.45) is 1.81.